The summed E-state index contributed by atoms with van der Waals surface area (Å²) in [6, 6.07) is 0.264. The minimum atomic E-state index is -3.17. The van der Waals surface area contributed by atoms with Gasteiger partial charge in [-0.3, -0.25) is 4.79 Å². The summed E-state index contributed by atoms with van der Waals surface area (Å²) in [6.07, 6.45) is 2.76. The van der Waals surface area contributed by atoms with Crippen molar-refractivity contribution in [1.82, 2.24) is 5.32 Å². The number of rotatable bonds is 5. The Labute approximate surface area is 104 Å². The van der Waals surface area contributed by atoms with E-state index in [2.05, 4.69) is 5.32 Å². The quantitative estimate of drug-likeness (QED) is 0.810. The molecule has 1 N–H and O–H groups in total. The van der Waals surface area contributed by atoms with Crippen molar-refractivity contribution in [2.75, 3.05) is 12.3 Å². The Balaban J connectivity index is 2.38. The van der Waals surface area contributed by atoms with E-state index in [1.165, 1.54) is 0 Å². The van der Waals surface area contributed by atoms with Gasteiger partial charge in [0.1, 0.15) is 5.78 Å². The molecule has 0 spiro atoms. The van der Waals surface area contributed by atoms with E-state index in [4.69, 9.17) is 0 Å². The topological polar surface area (TPSA) is 63.2 Å². The molecule has 1 saturated heterocycles. The van der Waals surface area contributed by atoms with Gasteiger partial charge in [0.25, 0.3) is 0 Å². The Kier molecular flexibility index (Phi) is 4.72. The number of ketones is 1. The molecule has 4 nitrogen and oxygen atoms in total. The third-order valence-corrected chi connectivity index (χ3v) is 5.83. The summed E-state index contributed by atoms with van der Waals surface area (Å²) in [4.78, 5) is 11.7. The van der Waals surface area contributed by atoms with Crippen LogP contribution in [0.25, 0.3) is 0 Å². The van der Waals surface area contributed by atoms with Gasteiger partial charge in [0.15, 0.2) is 9.84 Å². The van der Waals surface area contributed by atoms with Gasteiger partial charge in [-0.25, -0.2) is 8.42 Å². The maximum atomic E-state index is 11.8. The molecule has 0 aromatic carbocycles. The Morgan fingerprint density at radius 3 is 2.47 bits per heavy atom. The second kappa shape index (κ2) is 5.48. The molecule has 0 saturated carbocycles. The van der Waals surface area contributed by atoms with Gasteiger partial charge in [-0.1, -0.05) is 0 Å². The maximum Gasteiger partial charge on any atom is 0.155 e. The number of sulfone groups is 1. The molecule has 0 radical (unpaired) electrons. The number of nitrogens with one attached hydrogen (secondary N) is 1. The molecule has 1 atom stereocenters. The maximum absolute atomic E-state index is 11.8. The SMILES string of the molecule is CC(C)(C)S(=O)(=O)CCC(=O)CC1CCCN1. The predicted molar refractivity (Wildman–Crippen MR) is 68.8 cm³/mol. The van der Waals surface area contributed by atoms with E-state index >= 15 is 0 Å². The molecule has 17 heavy (non-hydrogen) atoms. The molecule has 0 bridgehead atoms. The van der Waals surface area contributed by atoms with Crippen molar-refractivity contribution >= 4 is 15.6 Å². The van der Waals surface area contributed by atoms with E-state index in [9.17, 15) is 13.2 Å². The van der Waals surface area contributed by atoms with E-state index in [1.54, 1.807) is 20.8 Å². The third kappa shape index (κ3) is 4.39. The number of carbonyl (C=O) groups is 1. The van der Waals surface area contributed by atoms with Crippen LogP contribution in [0.3, 0.4) is 0 Å². The van der Waals surface area contributed by atoms with Gasteiger partial charge in [0, 0.05) is 18.9 Å². The molecule has 100 valence electrons. The molecule has 5 heteroatoms. The summed E-state index contributed by atoms with van der Waals surface area (Å²) < 4.78 is 22.9. The second-order valence-corrected chi connectivity index (χ2v) is 8.58. The van der Waals surface area contributed by atoms with E-state index in [0.29, 0.717) is 6.42 Å². The molecule has 1 heterocycles. The first-order valence-corrected chi connectivity index (χ1v) is 7.85. The highest BCUT2D eigenvalue weighted by Gasteiger charge is 2.29. The van der Waals surface area contributed by atoms with Gasteiger partial charge in [-0.05, 0) is 40.2 Å². The number of Topliss-reactive ketones (excluding diaryl/α,β-unsaturated/α-hetero) is 1. The highest BCUT2D eigenvalue weighted by molar-refractivity contribution is 7.92. The Morgan fingerprint density at radius 2 is 2.00 bits per heavy atom. The number of carbonyl (C=O) groups excluding carboxylic acids is 1. The highest BCUT2D eigenvalue weighted by atomic mass is 32.2. The van der Waals surface area contributed by atoms with Crippen molar-refractivity contribution in [3.8, 4) is 0 Å². The summed E-state index contributed by atoms with van der Waals surface area (Å²) >= 11 is 0. The van der Waals surface area contributed by atoms with Gasteiger partial charge in [-0.15, -0.1) is 0 Å². The molecule has 0 aromatic rings. The number of hydrogen-bond donors (Lipinski definition) is 1. The van der Waals surface area contributed by atoms with Gasteiger partial charge in [0.05, 0.1) is 10.5 Å². The lowest BCUT2D eigenvalue weighted by molar-refractivity contribution is -0.119. The van der Waals surface area contributed by atoms with Crippen LogP contribution in [0.4, 0.5) is 0 Å². The Morgan fingerprint density at radius 1 is 1.35 bits per heavy atom. The fourth-order valence-corrected chi connectivity index (χ4v) is 2.97. The minimum absolute atomic E-state index is 0.0257. The molecular weight excluding hydrogens is 238 g/mol. The van der Waals surface area contributed by atoms with Crippen molar-refractivity contribution in [2.45, 2.75) is 57.2 Å². The van der Waals surface area contributed by atoms with Crippen LogP contribution in [0.15, 0.2) is 0 Å². The van der Waals surface area contributed by atoms with Crippen LogP contribution >= 0.6 is 0 Å². The first-order valence-electron chi connectivity index (χ1n) is 6.20. The van der Waals surface area contributed by atoms with Crippen LogP contribution < -0.4 is 5.32 Å². The normalized spacial score (nSPS) is 21.7. The molecule has 1 unspecified atom stereocenters. The van der Waals surface area contributed by atoms with Crippen molar-refractivity contribution in [2.24, 2.45) is 0 Å². The minimum Gasteiger partial charge on any atom is -0.314 e. The molecular formula is C12H23NO3S. The lowest BCUT2D eigenvalue weighted by Gasteiger charge is -2.19. The van der Waals surface area contributed by atoms with E-state index in [1.807, 2.05) is 0 Å². The Bertz CT molecular complexity index is 362. The molecule has 1 rings (SSSR count). The fraction of sp³-hybridized carbons (Fsp3) is 0.917. The first-order chi connectivity index (χ1) is 7.72. The molecule has 0 aliphatic carbocycles. The predicted octanol–water partition coefficient (Wildman–Crippen LogP) is 1.30. The zero-order valence-electron chi connectivity index (χ0n) is 11.0. The molecule has 1 aliphatic rings. The lowest BCUT2D eigenvalue weighted by atomic mass is 10.1. The molecule has 0 aromatic heterocycles. The van der Waals surface area contributed by atoms with E-state index in [0.717, 1.165) is 19.4 Å². The van der Waals surface area contributed by atoms with Crippen LogP contribution in [0.1, 0.15) is 46.5 Å². The van der Waals surface area contributed by atoms with Crippen LogP contribution in [-0.2, 0) is 14.6 Å². The van der Waals surface area contributed by atoms with Gasteiger partial charge in [0.2, 0.25) is 0 Å². The zero-order chi connectivity index (χ0) is 13.1. The summed E-state index contributed by atoms with van der Waals surface area (Å²) in [5.41, 5.74) is 0. The summed E-state index contributed by atoms with van der Waals surface area (Å²) in [7, 11) is -3.17. The summed E-state index contributed by atoms with van der Waals surface area (Å²) in [6.45, 7) is 5.99. The van der Waals surface area contributed by atoms with Gasteiger partial charge in [-0.2, -0.15) is 0 Å². The Hall–Kier alpha value is -0.420. The summed E-state index contributed by atoms with van der Waals surface area (Å²) in [5.74, 6) is 0.0272. The first kappa shape index (κ1) is 14.6. The van der Waals surface area contributed by atoms with Gasteiger partial charge >= 0.3 is 0 Å². The van der Waals surface area contributed by atoms with Crippen LogP contribution in [0.2, 0.25) is 0 Å². The third-order valence-electron chi connectivity index (χ3n) is 3.22. The average Bonchev–Trinajstić information content (AvgIpc) is 2.66. The van der Waals surface area contributed by atoms with E-state index in [-0.39, 0.29) is 24.0 Å². The van der Waals surface area contributed by atoms with Crippen molar-refractivity contribution in [3.05, 3.63) is 0 Å². The average molecular weight is 261 g/mol. The standard InChI is InChI=1S/C12H23NO3S/c1-12(2,3)17(15,16)8-6-11(14)9-10-5-4-7-13-10/h10,13H,4-9H2,1-3H3. The second-order valence-electron chi connectivity index (χ2n) is 5.72. The fourth-order valence-electron chi connectivity index (χ4n) is 1.86. The summed E-state index contributed by atoms with van der Waals surface area (Å²) in [5, 5.41) is 3.24. The van der Waals surface area contributed by atoms with Crippen molar-refractivity contribution in [1.29, 1.82) is 0 Å². The van der Waals surface area contributed by atoms with Crippen LogP contribution in [0.5, 0.6) is 0 Å². The van der Waals surface area contributed by atoms with E-state index < -0.39 is 14.6 Å². The molecule has 1 fully saturated rings. The largest absolute Gasteiger partial charge is 0.314 e. The number of hydrogen-bond acceptors (Lipinski definition) is 4. The zero-order valence-corrected chi connectivity index (χ0v) is 11.8. The molecule has 0 amide bonds. The smallest absolute Gasteiger partial charge is 0.155 e. The van der Waals surface area contributed by atoms with Crippen molar-refractivity contribution < 1.29 is 13.2 Å². The van der Waals surface area contributed by atoms with Crippen molar-refractivity contribution in [3.63, 3.8) is 0 Å². The lowest BCUT2D eigenvalue weighted by Crippen LogP contribution is -2.32. The monoisotopic (exact) mass is 261 g/mol. The molecule has 1 aliphatic heterocycles. The van der Waals surface area contributed by atoms with Crippen LogP contribution in [-0.4, -0.2) is 37.3 Å². The highest BCUT2D eigenvalue weighted by Crippen LogP contribution is 2.18. The van der Waals surface area contributed by atoms with Gasteiger partial charge < -0.3 is 5.32 Å². The van der Waals surface area contributed by atoms with Crippen LogP contribution in [0, 0.1) is 0 Å².